The minimum absolute atomic E-state index is 0.145. The number of hydrogen-bond acceptors (Lipinski definition) is 4. The van der Waals surface area contributed by atoms with Crippen LogP contribution in [-0.4, -0.2) is 61.0 Å². The predicted octanol–water partition coefficient (Wildman–Crippen LogP) is 1.36. The Labute approximate surface area is 145 Å². The van der Waals surface area contributed by atoms with Crippen molar-refractivity contribution in [2.75, 3.05) is 33.2 Å². The topological polar surface area (TPSA) is 61.6 Å². The van der Waals surface area contributed by atoms with E-state index in [0.717, 1.165) is 57.4 Å². The Hall–Kier alpha value is -1.43. The van der Waals surface area contributed by atoms with Crippen LogP contribution < -0.4 is 11.1 Å². The van der Waals surface area contributed by atoms with Crippen LogP contribution in [0.25, 0.3) is 0 Å². The number of carbonyl (C=O) groups is 1. The molecule has 0 radical (unpaired) electrons. The van der Waals surface area contributed by atoms with Crippen LogP contribution >= 0.6 is 0 Å². The van der Waals surface area contributed by atoms with E-state index in [4.69, 9.17) is 5.73 Å². The van der Waals surface area contributed by atoms with E-state index < -0.39 is 0 Å². The van der Waals surface area contributed by atoms with Crippen molar-refractivity contribution in [2.24, 2.45) is 5.73 Å². The van der Waals surface area contributed by atoms with E-state index >= 15 is 0 Å². The molecule has 0 aromatic heterocycles. The van der Waals surface area contributed by atoms with Crippen LogP contribution in [0.4, 0.5) is 0 Å². The zero-order valence-corrected chi connectivity index (χ0v) is 14.7. The summed E-state index contributed by atoms with van der Waals surface area (Å²) >= 11 is 0. The standard InChI is InChI=1S/C19H30N4O/c1-22-11-13-23(14-12-22)18(15-5-3-2-4-6-15)19(24)21-17-9-7-16(20)8-10-17/h2-6,16-18H,7-14,20H2,1H3,(H,21,24). The van der Waals surface area contributed by atoms with Crippen LogP contribution in [0.3, 0.4) is 0 Å². The van der Waals surface area contributed by atoms with Gasteiger partial charge in [-0.25, -0.2) is 0 Å². The molecule has 1 aromatic carbocycles. The summed E-state index contributed by atoms with van der Waals surface area (Å²) < 4.78 is 0. The summed E-state index contributed by atoms with van der Waals surface area (Å²) in [6, 6.07) is 10.6. The van der Waals surface area contributed by atoms with Gasteiger partial charge in [0.2, 0.25) is 5.91 Å². The van der Waals surface area contributed by atoms with Gasteiger partial charge in [-0.05, 0) is 38.3 Å². The highest BCUT2D eigenvalue weighted by Crippen LogP contribution is 2.24. The second-order valence-corrected chi connectivity index (χ2v) is 7.27. The number of nitrogens with one attached hydrogen (secondary N) is 1. The van der Waals surface area contributed by atoms with Crippen molar-refractivity contribution < 1.29 is 4.79 Å². The van der Waals surface area contributed by atoms with Gasteiger partial charge in [-0.3, -0.25) is 9.69 Å². The molecule has 1 heterocycles. The van der Waals surface area contributed by atoms with Crippen LogP contribution in [0, 0.1) is 0 Å². The zero-order valence-electron chi connectivity index (χ0n) is 14.7. The molecule has 1 aliphatic heterocycles. The number of likely N-dealkylation sites (N-methyl/N-ethyl adjacent to an activating group) is 1. The maximum Gasteiger partial charge on any atom is 0.242 e. The van der Waals surface area contributed by atoms with Crippen LogP contribution in [-0.2, 0) is 4.79 Å². The second-order valence-electron chi connectivity index (χ2n) is 7.27. The maximum atomic E-state index is 13.1. The summed E-state index contributed by atoms with van der Waals surface area (Å²) in [5.74, 6) is 0.145. The first-order valence-corrected chi connectivity index (χ1v) is 9.17. The molecule has 132 valence electrons. The first-order valence-electron chi connectivity index (χ1n) is 9.17. The number of benzene rings is 1. The zero-order chi connectivity index (χ0) is 16.9. The average molecular weight is 330 g/mol. The quantitative estimate of drug-likeness (QED) is 0.875. The predicted molar refractivity (Wildman–Crippen MR) is 96.6 cm³/mol. The fraction of sp³-hybridized carbons (Fsp3) is 0.632. The van der Waals surface area contributed by atoms with Gasteiger partial charge in [0.1, 0.15) is 6.04 Å². The van der Waals surface area contributed by atoms with Gasteiger partial charge < -0.3 is 16.0 Å². The van der Waals surface area contributed by atoms with Gasteiger partial charge in [-0.2, -0.15) is 0 Å². The molecule has 0 bridgehead atoms. The third-order valence-electron chi connectivity index (χ3n) is 5.38. The summed E-state index contributed by atoms with van der Waals surface area (Å²) in [5.41, 5.74) is 7.07. The highest BCUT2D eigenvalue weighted by molar-refractivity contribution is 5.83. The molecule has 1 unspecified atom stereocenters. The van der Waals surface area contributed by atoms with Crippen molar-refractivity contribution in [3.8, 4) is 0 Å². The molecule has 3 rings (SSSR count). The molecule has 2 fully saturated rings. The highest BCUT2D eigenvalue weighted by Gasteiger charge is 2.31. The van der Waals surface area contributed by atoms with Crippen molar-refractivity contribution in [3.05, 3.63) is 35.9 Å². The molecule has 24 heavy (non-hydrogen) atoms. The van der Waals surface area contributed by atoms with Crippen molar-refractivity contribution in [1.82, 2.24) is 15.1 Å². The maximum absolute atomic E-state index is 13.1. The fourth-order valence-corrected chi connectivity index (χ4v) is 3.79. The van der Waals surface area contributed by atoms with Crippen molar-refractivity contribution >= 4 is 5.91 Å². The number of nitrogens with two attached hydrogens (primary N) is 1. The number of nitrogens with zero attached hydrogens (tertiary/aromatic N) is 2. The minimum Gasteiger partial charge on any atom is -0.352 e. The van der Waals surface area contributed by atoms with Crippen LogP contribution in [0.1, 0.15) is 37.3 Å². The van der Waals surface area contributed by atoms with E-state index in [2.05, 4.69) is 34.3 Å². The van der Waals surface area contributed by atoms with E-state index in [0.29, 0.717) is 6.04 Å². The van der Waals surface area contributed by atoms with Crippen molar-refractivity contribution in [1.29, 1.82) is 0 Å². The molecule has 1 amide bonds. The SMILES string of the molecule is CN1CCN(C(C(=O)NC2CCC(N)CC2)c2ccccc2)CC1. The Morgan fingerprint density at radius 2 is 1.71 bits per heavy atom. The number of carbonyl (C=O) groups excluding carboxylic acids is 1. The lowest BCUT2D eigenvalue weighted by Gasteiger charge is -2.38. The summed E-state index contributed by atoms with van der Waals surface area (Å²) in [6.45, 7) is 3.88. The molecule has 1 saturated heterocycles. The number of rotatable bonds is 4. The molecule has 1 aromatic rings. The molecule has 5 nitrogen and oxygen atoms in total. The smallest absolute Gasteiger partial charge is 0.242 e. The van der Waals surface area contributed by atoms with Gasteiger partial charge in [-0.1, -0.05) is 30.3 Å². The van der Waals surface area contributed by atoms with Crippen LogP contribution in [0.5, 0.6) is 0 Å². The fourth-order valence-electron chi connectivity index (χ4n) is 3.79. The monoisotopic (exact) mass is 330 g/mol. The van der Waals surface area contributed by atoms with Gasteiger partial charge in [0.05, 0.1) is 0 Å². The van der Waals surface area contributed by atoms with Gasteiger partial charge in [0.25, 0.3) is 0 Å². The normalized spacial score (nSPS) is 27.6. The van der Waals surface area contributed by atoms with Gasteiger partial charge in [0, 0.05) is 38.3 Å². The van der Waals surface area contributed by atoms with E-state index in [9.17, 15) is 4.79 Å². The molecule has 3 N–H and O–H groups in total. The number of amides is 1. The van der Waals surface area contributed by atoms with E-state index in [1.807, 2.05) is 18.2 Å². The molecule has 1 saturated carbocycles. The second kappa shape index (κ2) is 8.10. The number of hydrogen-bond donors (Lipinski definition) is 2. The molecular weight excluding hydrogens is 300 g/mol. The average Bonchev–Trinajstić information content (AvgIpc) is 2.60. The van der Waals surface area contributed by atoms with Crippen molar-refractivity contribution in [2.45, 2.75) is 43.8 Å². The van der Waals surface area contributed by atoms with E-state index in [1.54, 1.807) is 0 Å². The summed E-state index contributed by atoms with van der Waals surface area (Å²) in [6.07, 6.45) is 4.01. The van der Waals surface area contributed by atoms with Crippen molar-refractivity contribution in [3.63, 3.8) is 0 Å². The first-order chi connectivity index (χ1) is 11.6. The first kappa shape index (κ1) is 17.4. The summed E-state index contributed by atoms with van der Waals surface area (Å²) in [7, 11) is 2.14. The molecule has 2 aliphatic rings. The Morgan fingerprint density at radius 3 is 2.33 bits per heavy atom. The molecule has 1 atom stereocenters. The Kier molecular flexibility index (Phi) is 5.87. The lowest BCUT2D eigenvalue weighted by molar-refractivity contribution is -0.128. The Bertz CT molecular complexity index is 519. The largest absolute Gasteiger partial charge is 0.352 e. The third kappa shape index (κ3) is 4.35. The van der Waals surface area contributed by atoms with Crippen LogP contribution in [0.15, 0.2) is 30.3 Å². The van der Waals surface area contributed by atoms with Gasteiger partial charge >= 0.3 is 0 Å². The molecule has 0 spiro atoms. The van der Waals surface area contributed by atoms with E-state index in [-0.39, 0.29) is 18.0 Å². The highest BCUT2D eigenvalue weighted by atomic mass is 16.2. The lowest BCUT2D eigenvalue weighted by Crippen LogP contribution is -2.51. The molecule has 5 heteroatoms. The van der Waals surface area contributed by atoms with Gasteiger partial charge in [-0.15, -0.1) is 0 Å². The Balaban J connectivity index is 1.70. The molecular formula is C19H30N4O. The summed E-state index contributed by atoms with van der Waals surface area (Å²) in [5, 5.41) is 3.30. The minimum atomic E-state index is -0.185. The number of piperazine rings is 1. The molecule has 1 aliphatic carbocycles. The van der Waals surface area contributed by atoms with E-state index in [1.165, 1.54) is 0 Å². The summed E-state index contributed by atoms with van der Waals surface area (Å²) in [4.78, 5) is 17.7. The lowest BCUT2D eigenvalue weighted by atomic mass is 9.91. The van der Waals surface area contributed by atoms with Gasteiger partial charge in [0.15, 0.2) is 0 Å². The van der Waals surface area contributed by atoms with Crippen LogP contribution in [0.2, 0.25) is 0 Å². The third-order valence-corrected chi connectivity index (χ3v) is 5.38. The Morgan fingerprint density at radius 1 is 1.08 bits per heavy atom.